The van der Waals surface area contributed by atoms with Crippen molar-refractivity contribution in [2.45, 2.75) is 10.1 Å². The second-order valence-corrected chi connectivity index (χ2v) is 7.11. The lowest BCUT2D eigenvalue weighted by Crippen LogP contribution is -1.93. The molecule has 4 aromatic rings. The molecule has 3 nitrogen and oxygen atoms in total. The van der Waals surface area contributed by atoms with Crippen molar-refractivity contribution in [3.63, 3.8) is 0 Å². The zero-order chi connectivity index (χ0) is 14.8. The minimum atomic E-state index is 0.930. The third-order valence-corrected chi connectivity index (χ3v) is 5.59. The summed E-state index contributed by atoms with van der Waals surface area (Å²) in [5, 5.41) is 4.24. The molecule has 2 aromatic heterocycles. The van der Waals surface area contributed by atoms with Crippen LogP contribution in [-0.2, 0) is 5.75 Å². The number of benzene rings is 2. The highest BCUT2D eigenvalue weighted by atomic mass is 32.2. The molecule has 0 radical (unpaired) electrons. The first-order valence-electron chi connectivity index (χ1n) is 6.96. The van der Waals surface area contributed by atoms with Gasteiger partial charge in [0.15, 0.2) is 4.34 Å². The van der Waals surface area contributed by atoms with Gasteiger partial charge < -0.3 is 0 Å². The van der Waals surface area contributed by atoms with Crippen LogP contribution in [0.3, 0.4) is 0 Å². The molecule has 0 atom stereocenters. The molecule has 0 saturated carbocycles. The highest BCUT2D eigenvalue weighted by Gasteiger charge is 2.04. The Labute approximate surface area is 136 Å². The van der Waals surface area contributed by atoms with Crippen molar-refractivity contribution >= 4 is 33.3 Å². The summed E-state index contributed by atoms with van der Waals surface area (Å²) in [5.74, 6) is 0.930. The zero-order valence-electron chi connectivity index (χ0n) is 11.7. The number of rotatable bonds is 4. The Bertz CT molecular complexity index is 847. The topological polar surface area (TPSA) is 30.7 Å². The van der Waals surface area contributed by atoms with Crippen LogP contribution in [0.4, 0.5) is 0 Å². The van der Waals surface area contributed by atoms with E-state index >= 15 is 0 Å². The van der Waals surface area contributed by atoms with Crippen LogP contribution in [0.2, 0.25) is 0 Å². The molecule has 22 heavy (non-hydrogen) atoms. The van der Waals surface area contributed by atoms with Crippen molar-refractivity contribution in [2.75, 3.05) is 0 Å². The van der Waals surface area contributed by atoms with Crippen molar-refractivity contribution in [1.29, 1.82) is 0 Å². The molecule has 0 amide bonds. The molecule has 0 aliphatic rings. The minimum Gasteiger partial charge on any atom is -0.241 e. The summed E-state index contributed by atoms with van der Waals surface area (Å²) in [7, 11) is 0. The summed E-state index contributed by atoms with van der Waals surface area (Å²) in [6.45, 7) is 0. The second-order valence-electron chi connectivity index (χ2n) is 4.85. The molecule has 0 spiro atoms. The Morgan fingerprint density at radius 1 is 1.00 bits per heavy atom. The van der Waals surface area contributed by atoms with Crippen LogP contribution in [0, 0.1) is 0 Å². The van der Waals surface area contributed by atoms with Crippen LogP contribution >= 0.6 is 23.1 Å². The number of hydrogen-bond donors (Lipinski definition) is 0. The lowest BCUT2D eigenvalue weighted by Gasteiger charge is -2.03. The van der Waals surface area contributed by atoms with Gasteiger partial charge in [-0.3, -0.25) is 0 Å². The van der Waals surface area contributed by atoms with E-state index < -0.39 is 0 Å². The molecule has 0 aliphatic carbocycles. The average Bonchev–Trinajstić information content (AvgIpc) is 3.22. The van der Waals surface area contributed by atoms with Crippen LogP contribution in [0.5, 0.6) is 0 Å². The predicted octanol–water partition coefficient (Wildman–Crippen LogP) is 4.77. The van der Waals surface area contributed by atoms with Crippen LogP contribution in [0.1, 0.15) is 5.56 Å². The molecule has 2 aromatic carbocycles. The Hall–Kier alpha value is -2.11. The fourth-order valence-electron chi connectivity index (χ4n) is 2.22. The van der Waals surface area contributed by atoms with Gasteiger partial charge in [0, 0.05) is 18.1 Å². The lowest BCUT2D eigenvalue weighted by atomic mass is 10.2. The van der Waals surface area contributed by atoms with Gasteiger partial charge in [0.25, 0.3) is 0 Å². The summed E-state index contributed by atoms with van der Waals surface area (Å²) in [6.07, 6.45) is 3.74. The van der Waals surface area contributed by atoms with Gasteiger partial charge in [0.2, 0.25) is 0 Å². The lowest BCUT2D eigenvalue weighted by molar-refractivity contribution is 0.880. The van der Waals surface area contributed by atoms with Crippen molar-refractivity contribution in [3.8, 4) is 5.69 Å². The molecule has 0 saturated heterocycles. The summed E-state index contributed by atoms with van der Waals surface area (Å²) in [4.78, 5) is 4.65. The standard InChI is InChI=1S/C17H13N3S2/c1-2-5-16-15(4-1)19-17(22-16)21-12-13-6-8-14(9-7-13)20-11-3-10-18-20/h1-11H,12H2. The monoisotopic (exact) mass is 323 g/mol. The average molecular weight is 323 g/mol. The Morgan fingerprint density at radius 2 is 1.86 bits per heavy atom. The summed E-state index contributed by atoms with van der Waals surface area (Å²) in [5.41, 5.74) is 3.46. The number of nitrogens with zero attached hydrogens (tertiary/aromatic N) is 3. The quantitative estimate of drug-likeness (QED) is 0.507. The predicted molar refractivity (Wildman–Crippen MR) is 92.7 cm³/mol. The molecular formula is C17H13N3S2. The van der Waals surface area contributed by atoms with Crippen LogP contribution in [-0.4, -0.2) is 14.8 Å². The van der Waals surface area contributed by atoms with Gasteiger partial charge in [-0.05, 0) is 35.9 Å². The molecular weight excluding hydrogens is 310 g/mol. The van der Waals surface area contributed by atoms with Crippen LogP contribution < -0.4 is 0 Å². The first-order chi connectivity index (χ1) is 10.9. The SMILES string of the molecule is c1ccc2sc(SCc3ccc(-n4cccn4)cc3)nc2c1. The number of hydrogen-bond acceptors (Lipinski definition) is 4. The Balaban J connectivity index is 1.47. The smallest absolute Gasteiger partial charge is 0.151 e. The van der Waals surface area contributed by atoms with Gasteiger partial charge in [-0.25, -0.2) is 9.67 Å². The van der Waals surface area contributed by atoms with E-state index in [1.54, 1.807) is 29.3 Å². The summed E-state index contributed by atoms with van der Waals surface area (Å²) in [6, 6.07) is 18.7. The van der Waals surface area contributed by atoms with E-state index in [0.717, 1.165) is 21.3 Å². The largest absolute Gasteiger partial charge is 0.241 e. The minimum absolute atomic E-state index is 0.930. The van der Waals surface area contributed by atoms with E-state index in [-0.39, 0.29) is 0 Å². The molecule has 5 heteroatoms. The normalized spacial score (nSPS) is 11.1. The van der Waals surface area contributed by atoms with Crippen LogP contribution in [0.15, 0.2) is 71.3 Å². The van der Waals surface area contributed by atoms with Gasteiger partial charge in [0.1, 0.15) is 0 Å². The van der Waals surface area contributed by atoms with E-state index in [4.69, 9.17) is 0 Å². The maximum atomic E-state index is 4.65. The highest BCUT2D eigenvalue weighted by Crippen LogP contribution is 2.31. The fraction of sp³-hybridized carbons (Fsp3) is 0.0588. The number of aromatic nitrogens is 3. The third-order valence-electron chi connectivity index (χ3n) is 3.34. The first kappa shape index (κ1) is 13.5. The molecule has 2 heterocycles. The van der Waals surface area contributed by atoms with Gasteiger partial charge in [0.05, 0.1) is 15.9 Å². The van der Waals surface area contributed by atoms with E-state index in [0.29, 0.717) is 0 Å². The summed E-state index contributed by atoms with van der Waals surface area (Å²) < 4.78 is 4.24. The molecule has 0 bridgehead atoms. The number of thioether (sulfide) groups is 1. The first-order valence-corrected chi connectivity index (χ1v) is 8.76. The Kier molecular flexibility index (Phi) is 3.66. The summed E-state index contributed by atoms with van der Waals surface area (Å²) >= 11 is 3.54. The van der Waals surface area contributed by atoms with Crippen molar-refractivity contribution in [1.82, 2.24) is 14.8 Å². The molecule has 4 rings (SSSR count). The van der Waals surface area contributed by atoms with Gasteiger partial charge >= 0.3 is 0 Å². The van der Waals surface area contributed by atoms with Crippen molar-refractivity contribution in [3.05, 3.63) is 72.6 Å². The van der Waals surface area contributed by atoms with E-state index in [1.807, 2.05) is 23.0 Å². The third kappa shape index (κ3) is 2.77. The zero-order valence-corrected chi connectivity index (χ0v) is 13.3. The second kappa shape index (κ2) is 5.94. The highest BCUT2D eigenvalue weighted by molar-refractivity contribution is 8.00. The van der Waals surface area contributed by atoms with E-state index in [1.165, 1.54) is 10.3 Å². The van der Waals surface area contributed by atoms with Crippen molar-refractivity contribution in [2.24, 2.45) is 0 Å². The van der Waals surface area contributed by atoms with E-state index in [9.17, 15) is 0 Å². The van der Waals surface area contributed by atoms with Crippen molar-refractivity contribution < 1.29 is 0 Å². The van der Waals surface area contributed by atoms with Gasteiger partial charge in [-0.15, -0.1) is 11.3 Å². The molecule has 108 valence electrons. The maximum absolute atomic E-state index is 4.65. The molecule has 0 aliphatic heterocycles. The van der Waals surface area contributed by atoms with E-state index in [2.05, 4.69) is 52.5 Å². The van der Waals surface area contributed by atoms with Crippen LogP contribution in [0.25, 0.3) is 15.9 Å². The maximum Gasteiger partial charge on any atom is 0.151 e. The number of fused-ring (bicyclic) bond motifs is 1. The number of para-hydroxylation sites is 1. The fourth-order valence-corrected chi connectivity index (χ4v) is 4.25. The Morgan fingerprint density at radius 3 is 2.64 bits per heavy atom. The molecule has 0 N–H and O–H groups in total. The molecule has 0 unspecified atom stereocenters. The van der Waals surface area contributed by atoms with Gasteiger partial charge in [-0.1, -0.05) is 36.0 Å². The molecule has 0 fully saturated rings. The number of thiazole rings is 1. The van der Waals surface area contributed by atoms with Gasteiger partial charge in [-0.2, -0.15) is 5.10 Å².